The summed E-state index contributed by atoms with van der Waals surface area (Å²) in [7, 11) is 0. The number of carbonyl (C=O) groups excluding carboxylic acids is 1. The Morgan fingerprint density at radius 1 is 1.05 bits per heavy atom. The van der Waals surface area contributed by atoms with Crippen LogP contribution in [0.2, 0.25) is 0 Å². The lowest BCUT2D eigenvalue weighted by molar-refractivity contribution is -0.0980. The molecule has 1 N–H and O–H groups in total. The molecule has 5 heteroatoms. The molecule has 0 aliphatic carbocycles. The Kier molecular flexibility index (Phi) is 15.4. The van der Waals surface area contributed by atoms with Crippen LogP contribution in [0.3, 0.4) is 0 Å². The van der Waals surface area contributed by atoms with Crippen molar-refractivity contribution in [2.24, 2.45) is 0 Å². The quantitative estimate of drug-likeness (QED) is 0.203. The molecule has 0 bridgehead atoms. The minimum Gasteiger partial charge on any atom is -0.487 e. The van der Waals surface area contributed by atoms with Gasteiger partial charge in [-0.05, 0) is 80.3 Å². The summed E-state index contributed by atoms with van der Waals surface area (Å²) in [4.78, 5) is 14.9. The Labute approximate surface area is 248 Å². The summed E-state index contributed by atoms with van der Waals surface area (Å²) in [6.45, 7) is 23.1. The van der Waals surface area contributed by atoms with Crippen molar-refractivity contribution in [2.45, 2.75) is 65.0 Å². The van der Waals surface area contributed by atoms with E-state index in [4.69, 9.17) is 9.53 Å². The van der Waals surface area contributed by atoms with Crippen molar-refractivity contribution in [1.29, 1.82) is 0 Å². The summed E-state index contributed by atoms with van der Waals surface area (Å²) < 4.78 is 6.38. The van der Waals surface area contributed by atoms with Crippen molar-refractivity contribution in [3.8, 4) is 18.6 Å². The maximum Gasteiger partial charge on any atom is 0.125 e. The van der Waals surface area contributed by atoms with E-state index in [0.29, 0.717) is 0 Å². The van der Waals surface area contributed by atoms with Gasteiger partial charge in [-0.3, -0.25) is 4.98 Å². The topological polar surface area (TPSA) is 54.5 Å². The number of aryl methyl sites for hydroxylation is 1. The van der Waals surface area contributed by atoms with E-state index in [-0.39, 0.29) is 11.6 Å². The molecule has 1 aliphatic rings. The van der Waals surface area contributed by atoms with E-state index in [9.17, 15) is 0 Å². The number of nitrogens with one attached hydrogen (secondary N) is 1. The van der Waals surface area contributed by atoms with Crippen LogP contribution in [0.15, 0.2) is 86.6 Å². The third-order valence-electron chi connectivity index (χ3n) is 6.74. The smallest absolute Gasteiger partial charge is 0.125 e. The fraction of sp³-hybridized carbons (Fsp3) is 0.333. The van der Waals surface area contributed by atoms with E-state index < -0.39 is 0 Å². The molecular formula is C36H47N3O2. The minimum atomic E-state index is -0.233. The zero-order valence-electron chi connectivity index (χ0n) is 25.4. The highest BCUT2D eigenvalue weighted by atomic mass is 16.5. The SMILES string of the molecule is C#C.C=C.C=C(c1ccc2c(c1)[C@@H](Nc1ccc(CC)cc1)CC(C)(C)O2)N(CCC)CCc1ccccn1.C=O. The number of aromatic nitrogens is 1. The predicted molar refractivity (Wildman–Crippen MR) is 175 cm³/mol. The number of rotatable bonds is 10. The highest BCUT2D eigenvalue weighted by Crippen LogP contribution is 2.42. The number of pyridine rings is 1. The molecule has 0 spiro atoms. The Hall–Kier alpha value is -4.30. The molecule has 0 fully saturated rings. The number of anilines is 1. The third-order valence-corrected chi connectivity index (χ3v) is 6.74. The van der Waals surface area contributed by atoms with Gasteiger partial charge in [0, 0.05) is 54.8 Å². The standard InChI is InChI=1S/C31H39N3O.C2H4.C2H2.CH2O/c1-6-19-34(20-17-26-10-8-9-18-32-26)23(3)25-13-16-30-28(21-25)29(22-31(4,5)35-30)33-27-14-11-24(7-2)12-15-27;3*1-2/h8-16,18,21,29,33H,3,6-7,17,19-20,22H2,1-2,4-5H3;1-2H2;1-2H;1H2/t29-;;;/m0.../s1. The largest absolute Gasteiger partial charge is 0.487 e. The summed E-state index contributed by atoms with van der Waals surface area (Å²) in [5, 5.41) is 3.78. The zero-order chi connectivity index (χ0) is 30.8. The molecule has 4 rings (SSSR count). The van der Waals surface area contributed by atoms with Gasteiger partial charge < -0.3 is 19.7 Å². The summed E-state index contributed by atoms with van der Waals surface area (Å²) in [6.07, 6.45) is 13.8. The van der Waals surface area contributed by atoms with Crippen molar-refractivity contribution in [2.75, 3.05) is 18.4 Å². The van der Waals surface area contributed by atoms with Crippen LogP contribution < -0.4 is 10.1 Å². The van der Waals surface area contributed by atoms with E-state index >= 15 is 0 Å². The molecule has 1 aromatic heterocycles. The molecule has 5 nitrogen and oxygen atoms in total. The average molecular weight is 554 g/mol. The summed E-state index contributed by atoms with van der Waals surface area (Å²) >= 11 is 0. The van der Waals surface area contributed by atoms with E-state index in [1.807, 2.05) is 19.1 Å². The lowest BCUT2D eigenvalue weighted by Gasteiger charge is -2.39. The van der Waals surface area contributed by atoms with E-state index in [1.165, 1.54) is 11.1 Å². The molecule has 0 amide bonds. The number of terminal acetylenes is 1. The Balaban J connectivity index is 0.00000131. The molecule has 2 heterocycles. The molecular weight excluding hydrogens is 506 g/mol. The molecule has 1 aliphatic heterocycles. The Morgan fingerprint density at radius 2 is 1.73 bits per heavy atom. The molecule has 0 radical (unpaired) electrons. The highest BCUT2D eigenvalue weighted by Gasteiger charge is 2.34. The molecule has 1 atom stereocenters. The normalized spacial score (nSPS) is 14.0. The highest BCUT2D eigenvalue weighted by molar-refractivity contribution is 5.65. The van der Waals surface area contributed by atoms with Gasteiger partial charge >= 0.3 is 0 Å². The van der Waals surface area contributed by atoms with Crippen LogP contribution >= 0.6 is 0 Å². The maximum absolute atomic E-state index is 8.00. The molecule has 0 saturated carbocycles. The predicted octanol–water partition coefficient (Wildman–Crippen LogP) is 8.15. The van der Waals surface area contributed by atoms with Crippen molar-refractivity contribution in [1.82, 2.24) is 9.88 Å². The first kappa shape index (κ1) is 34.7. The number of fused-ring (bicyclic) bond motifs is 1. The monoisotopic (exact) mass is 553 g/mol. The van der Waals surface area contributed by atoms with E-state index in [2.05, 4.69) is 130 Å². The van der Waals surface area contributed by atoms with Gasteiger partial charge in [0.15, 0.2) is 0 Å². The van der Waals surface area contributed by atoms with Gasteiger partial charge in [-0.25, -0.2) is 0 Å². The molecule has 0 unspecified atom stereocenters. The maximum atomic E-state index is 8.00. The van der Waals surface area contributed by atoms with Crippen LogP contribution in [0.1, 0.15) is 69.0 Å². The first-order valence-corrected chi connectivity index (χ1v) is 14.0. The number of hydrogen-bond donors (Lipinski definition) is 1. The van der Waals surface area contributed by atoms with Crippen molar-refractivity contribution in [3.63, 3.8) is 0 Å². The molecule has 2 aromatic carbocycles. The fourth-order valence-electron chi connectivity index (χ4n) is 4.83. The molecule has 218 valence electrons. The third kappa shape index (κ3) is 10.3. The van der Waals surface area contributed by atoms with Gasteiger partial charge in [0.1, 0.15) is 18.1 Å². The van der Waals surface area contributed by atoms with Crippen LogP contribution in [0.4, 0.5) is 5.69 Å². The van der Waals surface area contributed by atoms with Gasteiger partial charge in [-0.1, -0.05) is 38.6 Å². The number of carbonyl (C=O) groups is 1. The lowest BCUT2D eigenvalue weighted by Crippen LogP contribution is -2.37. The second-order valence-corrected chi connectivity index (χ2v) is 10.1. The van der Waals surface area contributed by atoms with Gasteiger partial charge in [-0.2, -0.15) is 0 Å². The lowest BCUT2D eigenvalue weighted by atomic mass is 9.88. The van der Waals surface area contributed by atoms with Gasteiger partial charge in [0.25, 0.3) is 0 Å². The second kappa shape index (κ2) is 18.1. The van der Waals surface area contributed by atoms with Gasteiger partial charge in [0.2, 0.25) is 0 Å². The fourth-order valence-corrected chi connectivity index (χ4v) is 4.83. The van der Waals surface area contributed by atoms with Crippen molar-refractivity contribution in [3.05, 3.63) is 109 Å². The van der Waals surface area contributed by atoms with Crippen LogP contribution in [0.5, 0.6) is 5.75 Å². The second-order valence-electron chi connectivity index (χ2n) is 10.1. The first-order chi connectivity index (χ1) is 19.9. The molecule has 3 aromatic rings. The van der Waals surface area contributed by atoms with Crippen LogP contribution in [-0.2, 0) is 17.6 Å². The first-order valence-electron chi connectivity index (χ1n) is 14.0. The molecule has 0 saturated heterocycles. The summed E-state index contributed by atoms with van der Waals surface area (Å²) in [6, 6.07) is 21.6. The van der Waals surface area contributed by atoms with Crippen molar-refractivity contribution >= 4 is 18.2 Å². The molecule has 41 heavy (non-hydrogen) atoms. The Morgan fingerprint density at radius 3 is 2.32 bits per heavy atom. The number of hydrogen-bond acceptors (Lipinski definition) is 5. The zero-order valence-corrected chi connectivity index (χ0v) is 25.4. The van der Waals surface area contributed by atoms with Gasteiger partial charge in [0.05, 0.1) is 6.04 Å². The van der Waals surface area contributed by atoms with Crippen LogP contribution in [0, 0.1) is 12.8 Å². The van der Waals surface area contributed by atoms with E-state index in [1.54, 1.807) is 0 Å². The number of benzene rings is 2. The number of nitrogens with zero attached hydrogens (tertiary/aromatic N) is 2. The van der Waals surface area contributed by atoms with Crippen LogP contribution in [0.25, 0.3) is 5.70 Å². The Bertz CT molecular complexity index is 1200. The summed E-state index contributed by atoms with van der Waals surface area (Å²) in [5.41, 5.74) is 6.77. The van der Waals surface area contributed by atoms with E-state index in [0.717, 1.165) is 67.2 Å². The van der Waals surface area contributed by atoms with Crippen LogP contribution in [-0.4, -0.2) is 35.4 Å². The van der Waals surface area contributed by atoms with Gasteiger partial charge in [-0.15, -0.1) is 26.0 Å². The average Bonchev–Trinajstić information content (AvgIpc) is 3.02. The number of ether oxygens (including phenoxy) is 1. The summed E-state index contributed by atoms with van der Waals surface area (Å²) in [5.74, 6) is 0.955. The van der Waals surface area contributed by atoms with Crippen molar-refractivity contribution < 1.29 is 9.53 Å². The minimum absolute atomic E-state index is 0.169.